The van der Waals surface area contributed by atoms with Gasteiger partial charge in [-0.3, -0.25) is 14.2 Å². The van der Waals surface area contributed by atoms with E-state index in [1.165, 1.54) is 13.0 Å². The van der Waals surface area contributed by atoms with E-state index in [9.17, 15) is 19.8 Å². The van der Waals surface area contributed by atoms with Gasteiger partial charge in [0.25, 0.3) is 5.91 Å². The van der Waals surface area contributed by atoms with E-state index < -0.39 is 12.2 Å². The molecule has 8 heteroatoms. The van der Waals surface area contributed by atoms with Crippen LogP contribution in [0.1, 0.15) is 43.0 Å². The summed E-state index contributed by atoms with van der Waals surface area (Å²) in [4.78, 5) is 25.5. The van der Waals surface area contributed by atoms with Crippen molar-refractivity contribution in [2.24, 2.45) is 5.92 Å². The number of carbonyl (C=O) groups is 2. The minimum atomic E-state index is -0.730. The number of aromatic nitrogens is 1. The van der Waals surface area contributed by atoms with Gasteiger partial charge >= 0.3 is 0 Å². The van der Waals surface area contributed by atoms with Gasteiger partial charge in [-0.1, -0.05) is 30.3 Å². The van der Waals surface area contributed by atoms with Gasteiger partial charge in [0.2, 0.25) is 12.2 Å². The molecule has 8 nitrogen and oxygen atoms in total. The van der Waals surface area contributed by atoms with Crippen LogP contribution in [0.2, 0.25) is 0 Å². The lowest BCUT2D eigenvalue weighted by Crippen LogP contribution is -2.37. The smallest absolute Gasteiger partial charge is 0.290 e. The lowest BCUT2D eigenvalue weighted by Gasteiger charge is -2.36. The van der Waals surface area contributed by atoms with Crippen molar-refractivity contribution < 1.29 is 29.3 Å². The van der Waals surface area contributed by atoms with Gasteiger partial charge in [0.15, 0.2) is 5.76 Å². The first-order valence-corrected chi connectivity index (χ1v) is 11.8. The first-order chi connectivity index (χ1) is 16.9. The molecule has 4 rings (SSSR count). The fourth-order valence-corrected chi connectivity index (χ4v) is 4.62. The number of allylic oxidation sites excluding steroid dienone is 1. The van der Waals surface area contributed by atoms with E-state index in [0.717, 1.165) is 16.5 Å². The Morgan fingerprint density at radius 1 is 1.14 bits per heavy atom. The maximum Gasteiger partial charge on any atom is 0.290 e. The van der Waals surface area contributed by atoms with E-state index in [1.807, 2.05) is 37.4 Å². The number of ether oxygens (including phenoxy) is 2. The fourth-order valence-electron chi connectivity index (χ4n) is 4.62. The third kappa shape index (κ3) is 5.08. The van der Waals surface area contributed by atoms with Gasteiger partial charge in [-0.2, -0.15) is 0 Å². The van der Waals surface area contributed by atoms with E-state index in [2.05, 4.69) is 5.32 Å². The van der Waals surface area contributed by atoms with Crippen molar-refractivity contribution in [3.05, 3.63) is 72.1 Å². The average molecular weight is 479 g/mol. The zero-order valence-electron chi connectivity index (χ0n) is 19.8. The highest BCUT2D eigenvalue weighted by Gasteiger charge is 2.39. The van der Waals surface area contributed by atoms with Crippen LogP contribution in [0.3, 0.4) is 0 Å². The summed E-state index contributed by atoms with van der Waals surface area (Å²) < 4.78 is 13.5. The number of amides is 1. The average Bonchev–Trinajstić information content (AvgIpc) is 3.24. The van der Waals surface area contributed by atoms with Crippen LogP contribution >= 0.6 is 0 Å². The molecule has 1 amide bonds. The van der Waals surface area contributed by atoms with Crippen LogP contribution in [-0.4, -0.2) is 46.1 Å². The molecule has 2 aromatic carbocycles. The van der Waals surface area contributed by atoms with E-state index in [-0.39, 0.29) is 41.5 Å². The van der Waals surface area contributed by atoms with E-state index >= 15 is 0 Å². The molecule has 0 unspecified atom stereocenters. The molecule has 2 heterocycles. The van der Waals surface area contributed by atoms with Crippen molar-refractivity contribution in [1.29, 1.82) is 0 Å². The molecule has 0 bridgehead atoms. The van der Waals surface area contributed by atoms with Crippen molar-refractivity contribution in [3.63, 3.8) is 0 Å². The van der Waals surface area contributed by atoms with Crippen molar-refractivity contribution in [2.45, 2.75) is 38.9 Å². The number of hydrogen-bond acceptors (Lipinski definition) is 6. The number of rotatable bonds is 8. The molecule has 0 aliphatic carbocycles. The lowest BCUT2D eigenvalue weighted by molar-refractivity contribution is -0.164. The van der Waals surface area contributed by atoms with Crippen LogP contribution in [0.25, 0.3) is 10.9 Å². The van der Waals surface area contributed by atoms with Crippen molar-refractivity contribution >= 4 is 28.4 Å². The molecule has 3 atom stereocenters. The second kappa shape index (κ2) is 10.8. The summed E-state index contributed by atoms with van der Waals surface area (Å²) in [6.45, 7) is 3.74. The van der Waals surface area contributed by atoms with Gasteiger partial charge < -0.3 is 25.0 Å². The minimum Gasteiger partial charge on any atom is -0.506 e. The number of aliphatic hydroxyl groups is 1. The largest absolute Gasteiger partial charge is 0.506 e. The van der Waals surface area contributed by atoms with Gasteiger partial charge in [-0.15, -0.1) is 0 Å². The molecule has 0 saturated heterocycles. The van der Waals surface area contributed by atoms with Crippen LogP contribution in [0.5, 0.6) is 5.75 Å². The second-order valence-electron chi connectivity index (χ2n) is 8.49. The minimum absolute atomic E-state index is 0.0155. The van der Waals surface area contributed by atoms with Gasteiger partial charge in [-0.05, 0) is 49.6 Å². The fraction of sp³-hybridized carbons (Fsp3) is 0.333. The molecule has 1 aliphatic rings. The number of fused-ring (bicyclic) bond motifs is 1. The second-order valence-corrected chi connectivity index (χ2v) is 8.49. The normalized spacial score (nSPS) is 19.7. The SMILES string of the molecule is CCO[C@H]1OC(C(=O)Nc2ccccc2O)=C[C@@H](c2cn(C(C)=O)c3ccccc23)[C@@H]1CCCO. The Bertz CT molecular complexity index is 1250. The third-order valence-corrected chi connectivity index (χ3v) is 6.23. The van der Waals surface area contributed by atoms with Gasteiger partial charge in [-0.25, -0.2) is 0 Å². The number of para-hydroxylation sites is 3. The third-order valence-electron chi connectivity index (χ3n) is 6.23. The topological polar surface area (TPSA) is 110 Å². The standard InChI is InChI=1S/C27H30N2O6/c1-3-34-27-19(10-8-14-30)20(21-16-29(17(2)31)23-12-6-4-9-18(21)23)15-25(35-27)26(33)28-22-11-5-7-13-24(22)32/h4-7,9,11-13,15-16,19-20,27,30,32H,3,8,10,14H2,1-2H3,(H,28,33)/t19-,20+,27-/m0/s1. The van der Waals surface area contributed by atoms with E-state index in [1.54, 1.807) is 28.8 Å². The Labute approximate surface area is 203 Å². The molecule has 0 spiro atoms. The molecule has 3 aromatic rings. The van der Waals surface area contributed by atoms with Crippen LogP contribution in [0.4, 0.5) is 5.69 Å². The molecule has 0 saturated carbocycles. The van der Waals surface area contributed by atoms with E-state index in [4.69, 9.17) is 9.47 Å². The van der Waals surface area contributed by atoms with Crippen molar-refractivity contribution in [3.8, 4) is 5.75 Å². The first-order valence-electron chi connectivity index (χ1n) is 11.8. The monoisotopic (exact) mass is 478 g/mol. The number of aliphatic hydroxyl groups excluding tert-OH is 1. The molecular formula is C27H30N2O6. The predicted octanol–water partition coefficient (Wildman–Crippen LogP) is 4.39. The number of aromatic hydroxyl groups is 1. The molecule has 1 aromatic heterocycles. The Hall–Kier alpha value is -3.62. The number of anilines is 1. The number of phenols is 1. The van der Waals surface area contributed by atoms with Crippen molar-refractivity contribution in [2.75, 3.05) is 18.5 Å². The van der Waals surface area contributed by atoms with Gasteiger partial charge in [0.1, 0.15) is 5.75 Å². The van der Waals surface area contributed by atoms with Gasteiger partial charge in [0, 0.05) is 43.6 Å². The maximum absolute atomic E-state index is 13.2. The van der Waals surface area contributed by atoms with Crippen LogP contribution in [0.15, 0.2) is 66.6 Å². The first kappa shape index (κ1) is 24.5. The summed E-state index contributed by atoms with van der Waals surface area (Å²) in [7, 11) is 0. The quantitative estimate of drug-likeness (QED) is 0.414. The Kier molecular flexibility index (Phi) is 7.53. The van der Waals surface area contributed by atoms with Crippen LogP contribution in [0, 0.1) is 5.92 Å². The summed E-state index contributed by atoms with van der Waals surface area (Å²) in [5, 5.41) is 23.2. The number of carbonyl (C=O) groups excluding carboxylic acids is 2. The molecule has 3 N–H and O–H groups in total. The predicted molar refractivity (Wildman–Crippen MR) is 132 cm³/mol. The molecule has 0 fully saturated rings. The molecule has 1 aliphatic heterocycles. The summed E-state index contributed by atoms with van der Waals surface area (Å²) in [6, 6.07) is 14.1. The molecule has 35 heavy (non-hydrogen) atoms. The van der Waals surface area contributed by atoms with Gasteiger partial charge in [0.05, 0.1) is 11.2 Å². The number of nitrogens with one attached hydrogen (secondary N) is 1. The Morgan fingerprint density at radius 3 is 2.60 bits per heavy atom. The number of phenolic OH excluding ortho intramolecular Hbond substituents is 1. The highest BCUT2D eigenvalue weighted by atomic mass is 16.7. The number of benzene rings is 2. The molecule has 184 valence electrons. The summed E-state index contributed by atoms with van der Waals surface area (Å²) in [5.41, 5.74) is 1.92. The zero-order chi connectivity index (χ0) is 24.9. The molecule has 0 radical (unpaired) electrons. The zero-order valence-corrected chi connectivity index (χ0v) is 19.8. The Morgan fingerprint density at radius 2 is 1.89 bits per heavy atom. The molecular weight excluding hydrogens is 448 g/mol. The summed E-state index contributed by atoms with van der Waals surface area (Å²) in [6.07, 6.45) is 3.96. The number of hydrogen-bond donors (Lipinski definition) is 3. The maximum atomic E-state index is 13.2. The lowest BCUT2D eigenvalue weighted by atomic mass is 9.80. The highest BCUT2D eigenvalue weighted by Crippen LogP contribution is 2.42. The van der Waals surface area contributed by atoms with Crippen molar-refractivity contribution in [1.82, 2.24) is 4.57 Å². The van der Waals surface area contributed by atoms with Crippen LogP contribution < -0.4 is 5.32 Å². The highest BCUT2D eigenvalue weighted by molar-refractivity contribution is 6.03. The van der Waals surface area contributed by atoms with Crippen LogP contribution in [-0.2, 0) is 14.3 Å². The summed E-state index contributed by atoms with van der Waals surface area (Å²) >= 11 is 0. The Balaban J connectivity index is 1.80. The van der Waals surface area contributed by atoms with E-state index in [0.29, 0.717) is 19.4 Å². The number of nitrogens with zero attached hydrogens (tertiary/aromatic N) is 1. The summed E-state index contributed by atoms with van der Waals surface area (Å²) in [5.74, 6) is -1.14.